The monoisotopic (exact) mass is 377 g/mol. The first kappa shape index (κ1) is 20.3. The van der Waals surface area contributed by atoms with Crippen molar-refractivity contribution in [2.24, 2.45) is 5.92 Å². The lowest BCUT2D eigenvalue weighted by molar-refractivity contribution is 0.0474. The lowest BCUT2D eigenvalue weighted by atomic mass is 9.99. The lowest BCUT2D eigenvalue weighted by Crippen LogP contribution is -2.37. The zero-order chi connectivity index (χ0) is 19.2. The summed E-state index contributed by atoms with van der Waals surface area (Å²) in [6.45, 7) is 9.57. The number of amides is 1. The van der Waals surface area contributed by atoms with Crippen LogP contribution in [-0.4, -0.2) is 21.9 Å². The third-order valence-corrected chi connectivity index (χ3v) is 4.67. The molecule has 2 atom stereocenters. The molecule has 1 heterocycles. The van der Waals surface area contributed by atoms with Gasteiger partial charge in [0.1, 0.15) is 11.6 Å². The number of ether oxygens (including phenoxy) is 1. The molecule has 0 aliphatic rings. The van der Waals surface area contributed by atoms with Gasteiger partial charge in [-0.25, -0.2) is 4.79 Å². The number of hydrogen-bond donors (Lipinski definition) is 1. The summed E-state index contributed by atoms with van der Waals surface area (Å²) < 4.78 is 11.1. The van der Waals surface area contributed by atoms with Gasteiger partial charge in [0, 0.05) is 5.75 Å². The maximum Gasteiger partial charge on any atom is 0.408 e. The second-order valence-electron chi connectivity index (χ2n) is 7.19. The molecule has 2 rings (SSSR count). The maximum absolute atomic E-state index is 12.2. The molecule has 142 valence electrons. The van der Waals surface area contributed by atoms with Crippen molar-refractivity contribution in [3.05, 3.63) is 41.8 Å². The molecule has 0 saturated heterocycles. The van der Waals surface area contributed by atoms with E-state index in [0.29, 0.717) is 11.1 Å². The number of rotatable bonds is 7. The molecule has 1 aromatic heterocycles. The highest BCUT2D eigenvalue weighted by molar-refractivity contribution is 7.98. The molecule has 7 heteroatoms. The van der Waals surface area contributed by atoms with Gasteiger partial charge in [-0.05, 0) is 32.3 Å². The van der Waals surface area contributed by atoms with Crippen molar-refractivity contribution in [2.45, 2.75) is 63.7 Å². The number of alkyl carbamates (subject to hydrolysis) is 1. The molecule has 0 aliphatic heterocycles. The Morgan fingerprint density at radius 2 is 1.96 bits per heavy atom. The van der Waals surface area contributed by atoms with Crippen LogP contribution in [0.5, 0.6) is 0 Å². The van der Waals surface area contributed by atoms with E-state index in [1.54, 1.807) is 0 Å². The van der Waals surface area contributed by atoms with Crippen LogP contribution in [0.25, 0.3) is 0 Å². The van der Waals surface area contributed by atoms with Crippen molar-refractivity contribution in [1.29, 1.82) is 0 Å². The van der Waals surface area contributed by atoms with Gasteiger partial charge in [-0.15, -0.1) is 10.2 Å². The van der Waals surface area contributed by atoms with Crippen LogP contribution in [-0.2, 0) is 10.5 Å². The zero-order valence-corrected chi connectivity index (χ0v) is 16.8. The van der Waals surface area contributed by atoms with E-state index in [1.807, 2.05) is 45.9 Å². The highest BCUT2D eigenvalue weighted by Gasteiger charge is 2.28. The van der Waals surface area contributed by atoms with Crippen LogP contribution < -0.4 is 5.32 Å². The maximum atomic E-state index is 12.2. The van der Waals surface area contributed by atoms with Gasteiger partial charge >= 0.3 is 6.09 Å². The second-order valence-corrected chi connectivity index (χ2v) is 8.12. The molecule has 0 radical (unpaired) electrons. The van der Waals surface area contributed by atoms with Crippen LogP contribution in [0.2, 0.25) is 0 Å². The molecule has 0 bridgehead atoms. The number of aromatic nitrogens is 2. The van der Waals surface area contributed by atoms with E-state index in [9.17, 15) is 4.79 Å². The largest absolute Gasteiger partial charge is 0.444 e. The first-order valence-electron chi connectivity index (χ1n) is 8.78. The number of nitrogens with zero attached hydrogens (tertiary/aromatic N) is 2. The van der Waals surface area contributed by atoms with E-state index in [0.717, 1.165) is 12.2 Å². The Morgan fingerprint density at radius 3 is 2.58 bits per heavy atom. The third kappa shape index (κ3) is 6.37. The minimum Gasteiger partial charge on any atom is -0.444 e. The predicted molar refractivity (Wildman–Crippen MR) is 102 cm³/mol. The molecule has 1 aromatic carbocycles. The van der Waals surface area contributed by atoms with Crippen molar-refractivity contribution >= 4 is 17.9 Å². The fourth-order valence-corrected chi connectivity index (χ4v) is 2.97. The van der Waals surface area contributed by atoms with Gasteiger partial charge in [-0.3, -0.25) is 0 Å². The number of thioether (sulfide) groups is 1. The molecule has 26 heavy (non-hydrogen) atoms. The first-order valence-corrected chi connectivity index (χ1v) is 9.76. The summed E-state index contributed by atoms with van der Waals surface area (Å²) in [7, 11) is 0. The van der Waals surface area contributed by atoms with Crippen LogP contribution in [0.1, 0.15) is 58.5 Å². The average Bonchev–Trinajstić information content (AvgIpc) is 3.05. The van der Waals surface area contributed by atoms with E-state index in [-0.39, 0.29) is 12.0 Å². The Morgan fingerprint density at radius 1 is 1.27 bits per heavy atom. The third-order valence-electron chi connectivity index (χ3n) is 3.78. The van der Waals surface area contributed by atoms with Crippen molar-refractivity contribution in [3.63, 3.8) is 0 Å². The van der Waals surface area contributed by atoms with Gasteiger partial charge in [0.15, 0.2) is 0 Å². The van der Waals surface area contributed by atoms with Crippen molar-refractivity contribution in [2.75, 3.05) is 0 Å². The van der Waals surface area contributed by atoms with E-state index < -0.39 is 11.7 Å². The van der Waals surface area contributed by atoms with Crippen molar-refractivity contribution in [3.8, 4) is 0 Å². The first-order chi connectivity index (χ1) is 12.3. The molecule has 0 saturated carbocycles. The fourth-order valence-electron chi connectivity index (χ4n) is 2.24. The molecule has 2 aromatic rings. The molecule has 1 N–H and O–H groups in total. The van der Waals surface area contributed by atoms with E-state index >= 15 is 0 Å². The average molecular weight is 378 g/mol. The van der Waals surface area contributed by atoms with E-state index in [1.165, 1.54) is 17.3 Å². The van der Waals surface area contributed by atoms with E-state index in [2.05, 4.69) is 34.6 Å². The number of nitrogens with one attached hydrogen (secondary N) is 1. The SMILES string of the molecule is CCC(C)[C@H](NC(=O)OC(C)(C)C)c1nnc(SCc2ccccc2)o1. The van der Waals surface area contributed by atoms with Gasteiger partial charge in [0.2, 0.25) is 5.89 Å². The van der Waals surface area contributed by atoms with Crippen LogP contribution in [0, 0.1) is 5.92 Å². The molecule has 0 fully saturated rings. The Kier molecular flexibility index (Phi) is 7.08. The summed E-state index contributed by atoms with van der Waals surface area (Å²) in [5.74, 6) is 1.28. The second kappa shape index (κ2) is 9.07. The molecule has 0 aliphatic carbocycles. The van der Waals surface area contributed by atoms with Gasteiger partial charge < -0.3 is 14.5 Å². The molecule has 1 amide bonds. The minimum atomic E-state index is -0.560. The molecular formula is C19H27N3O3S. The van der Waals surface area contributed by atoms with Gasteiger partial charge in [-0.2, -0.15) is 0 Å². The number of carbonyl (C=O) groups excluding carboxylic acids is 1. The van der Waals surface area contributed by atoms with Crippen LogP contribution in [0.15, 0.2) is 40.0 Å². The van der Waals surface area contributed by atoms with Crippen LogP contribution >= 0.6 is 11.8 Å². The molecule has 0 spiro atoms. The Labute approximate surface area is 159 Å². The number of hydrogen-bond acceptors (Lipinski definition) is 6. The Hall–Kier alpha value is -2.02. The van der Waals surface area contributed by atoms with Crippen LogP contribution in [0.4, 0.5) is 4.79 Å². The summed E-state index contributed by atoms with van der Waals surface area (Å²) in [5.41, 5.74) is 0.623. The summed E-state index contributed by atoms with van der Waals surface area (Å²) in [5, 5.41) is 11.6. The highest BCUT2D eigenvalue weighted by Crippen LogP contribution is 2.28. The molecule has 6 nitrogen and oxygen atoms in total. The standard InChI is InChI=1S/C19H27N3O3S/c1-6-13(2)15(20-17(23)25-19(3,4)5)16-21-22-18(24-16)26-12-14-10-8-7-9-11-14/h7-11,13,15H,6,12H2,1-5H3,(H,20,23)/t13?,15-/m0/s1. The topological polar surface area (TPSA) is 77.2 Å². The number of benzene rings is 1. The quantitative estimate of drug-likeness (QED) is 0.686. The Bertz CT molecular complexity index is 698. The summed E-state index contributed by atoms with van der Waals surface area (Å²) in [4.78, 5) is 12.2. The summed E-state index contributed by atoms with van der Waals surface area (Å²) in [6, 6.07) is 9.70. The van der Waals surface area contributed by atoms with E-state index in [4.69, 9.17) is 9.15 Å². The fraction of sp³-hybridized carbons (Fsp3) is 0.526. The zero-order valence-electron chi connectivity index (χ0n) is 16.0. The van der Waals surface area contributed by atoms with Gasteiger partial charge in [0.05, 0.1) is 0 Å². The smallest absolute Gasteiger partial charge is 0.408 e. The summed E-state index contributed by atoms with van der Waals surface area (Å²) in [6.07, 6.45) is 0.370. The van der Waals surface area contributed by atoms with Crippen molar-refractivity contribution in [1.82, 2.24) is 15.5 Å². The predicted octanol–water partition coefficient (Wildman–Crippen LogP) is 4.97. The lowest BCUT2D eigenvalue weighted by Gasteiger charge is -2.24. The van der Waals surface area contributed by atoms with Crippen molar-refractivity contribution < 1.29 is 13.9 Å². The summed E-state index contributed by atoms with van der Waals surface area (Å²) >= 11 is 1.48. The number of carbonyl (C=O) groups is 1. The minimum absolute atomic E-state index is 0.134. The van der Waals surface area contributed by atoms with Gasteiger partial charge in [-0.1, -0.05) is 62.4 Å². The normalized spacial score (nSPS) is 13.9. The highest BCUT2D eigenvalue weighted by atomic mass is 32.2. The van der Waals surface area contributed by atoms with Crippen LogP contribution in [0.3, 0.4) is 0 Å². The Balaban J connectivity index is 2.04. The molecule has 1 unspecified atom stereocenters. The van der Waals surface area contributed by atoms with Gasteiger partial charge in [0.25, 0.3) is 5.22 Å². The molecular weight excluding hydrogens is 350 g/mol.